The first-order chi connectivity index (χ1) is 15.1. The lowest BCUT2D eigenvalue weighted by Gasteiger charge is -2.21. The molecule has 8 heteroatoms. The van der Waals surface area contributed by atoms with E-state index in [1.165, 1.54) is 13.2 Å². The first kappa shape index (κ1) is 21.2. The van der Waals surface area contributed by atoms with E-state index in [4.69, 9.17) is 35.3 Å². The zero-order valence-electron chi connectivity index (χ0n) is 16.9. The van der Waals surface area contributed by atoms with Crippen molar-refractivity contribution >= 4 is 28.5 Å². The average Bonchev–Trinajstić information content (AvgIpc) is 2.72. The molecule has 1 aliphatic rings. The molecule has 1 aromatic heterocycles. The number of fused-ring (bicyclic) bond motifs is 1. The minimum absolute atomic E-state index is 0.0530. The van der Waals surface area contributed by atoms with Crippen molar-refractivity contribution in [2.75, 3.05) is 20.3 Å². The highest BCUT2D eigenvalue weighted by Crippen LogP contribution is 2.34. The molecule has 0 saturated heterocycles. The molecule has 162 valence electrons. The molecule has 3 aromatic rings. The summed E-state index contributed by atoms with van der Waals surface area (Å²) in [5.41, 5.74) is 0.748. The summed E-state index contributed by atoms with van der Waals surface area (Å²) in [5, 5.41) is 0.768. The van der Waals surface area contributed by atoms with Gasteiger partial charge in [0.05, 0.1) is 23.4 Å². The van der Waals surface area contributed by atoms with Crippen molar-refractivity contribution in [3.05, 3.63) is 57.7 Å². The number of hydrogen-bond acceptors (Lipinski definition) is 7. The predicted octanol–water partition coefficient (Wildman–Crippen LogP) is 4.78. The van der Waals surface area contributed by atoms with Crippen LogP contribution in [-0.4, -0.2) is 26.3 Å². The third-order valence-corrected chi connectivity index (χ3v) is 5.46. The summed E-state index contributed by atoms with van der Waals surface area (Å²) in [7, 11) is 1.52. The molecule has 1 fully saturated rings. The molecule has 1 heterocycles. The Morgan fingerprint density at radius 3 is 2.71 bits per heavy atom. The second-order valence-corrected chi connectivity index (χ2v) is 7.56. The van der Waals surface area contributed by atoms with E-state index >= 15 is 0 Å². The van der Waals surface area contributed by atoms with Crippen molar-refractivity contribution < 1.29 is 28.5 Å². The van der Waals surface area contributed by atoms with Crippen LogP contribution in [0.1, 0.15) is 19.3 Å². The second kappa shape index (κ2) is 9.41. The average molecular weight is 445 g/mol. The molecule has 31 heavy (non-hydrogen) atoms. The van der Waals surface area contributed by atoms with Crippen LogP contribution in [0.3, 0.4) is 0 Å². The predicted molar refractivity (Wildman–Crippen MR) is 114 cm³/mol. The highest BCUT2D eigenvalue weighted by atomic mass is 35.5. The lowest BCUT2D eigenvalue weighted by atomic mass is 9.86. The molecule has 0 amide bonds. The van der Waals surface area contributed by atoms with Crippen molar-refractivity contribution in [2.45, 2.75) is 19.3 Å². The van der Waals surface area contributed by atoms with Gasteiger partial charge >= 0.3 is 5.97 Å². The first-order valence-electron chi connectivity index (χ1n) is 9.93. The summed E-state index contributed by atoms with van der Waals surface area (Å²) in [4.78, 5) is 33.9. The van der Waals surface area contributed by atoms with Gasteiger partial charge in [-0.15, -0.1) is 0 Å². The van der Waals surface area contributed by atoms with E-state index in [2.05, 4.69) is 0 Å². The third-order valence-electron chi connectivity index (χ3n) is 5.16. The van der Waals surface area contributed by atoms with E-state index in [1.807, 2.05) is 0 Å². The Bertz CT molecular complexity index is 1150. The summed E-state index contributed by atoms with van der Waals surface area (Å²) < 4.78 is 16.9. The number of carbonyl (C=O) groups excluding carboxylic acids is 1. The maximum atomic E-state index is 12.5. The number of ether oxygens (including phenoxy) is 2. The van der Waals surface area contributed by atoms with E-state index in [9.17, 15) is 9.59 Å². The number of hydrogen-bond donors (Lipinski definition) is 0. The molecule has 1 aliphatic carbocycles. The van der Waals surface area contributed by atoms with Gasteiger partial charge in [-0.2, -0.15) is 4.89 Å². The molecule has 1 saturated carbocycles. The molecule has 0 radical (unpaired) electrons. The molecule has 0 N–H and O–H groups in total. The summed E-state index contributed by atoms with van der Waals surface area (Å²) in [6.07, 6.45) is 2.74. The van der Waals surface area contributed by atoms with Crippen LogP contribution in [0.5, 0.6) is 11.5 Å². The third kappa shape index (κ3) is 4.68. The highest BCUT2D eigenvalue weighted by Gasteiger charge is 2.27. The van der Waals surface area contributed by atoms with Gasteiger partial charge in [0.1, 0.15) is 19.0 Å². The molecule has 0 spiro atoms. The topological polar surface area (TPSA) is 84.2 Å². The van der Waals surface area contributed by atoms with Gasteiger partial charge in [-0.05, 0) is 43.2 Å². The van der Waals surface area contributed by atoms with Crippen molar-refractivity contribution in [3.8, 4) is 22.8 Å². The fourth-order valence-electron chi connectivity index (χ4n) is 3.23. The number of halogens is 1. The zero-order chi connectivity index (χ0) is 21.8. The molecule has 0 atom stereocenters. The Labute approximate surface area is 183 Å². The lowest BCUT2D eigenvalue weighted by Crippen LogP contribution is -2.24. The van der Waals surface area contributed by atoms with E-state index in [0.717, 1.165) is 19.3 Å². The summed E-state index contributed by atoms with van der Waals surface area (Å²) in [6.45, 7) is 0.192. The Morgan fingerprint density at radius 2 is 1.97 bits per heavy atom. The van der Waals surface area contributed by atoms with E-state index in [1.54, 1.807) is 36.4 Å². The second-order valence-electron chi connectivity index (χ2n) is 7.16. The number of benzene rings is 2. The SMILES string of the molecule is COc1ccc(-c2cc(=O)c3cccc(Cl)c3o2)cc1OCCOOC(=O)C1CCC1. The Balaban J connectivity index is 1.47. The molecule has 2 aromatic carbocycles. The molecule has 4 rings (SSSR count). The van der Waals surface area contributed by atoms with Gasteiger partial charge in [-0.25, -0.2) is 4.79 Å². The number of rotatable bonds is 8. The van der Waals surface area contributed by atoms with E-state index in [-0.39, 0.29) is 30.5 Å². The van der Waals surface area contributed by atoms with Crippen molar-refractivity contribution in [2.24, 2.45) is 5.92 Å². The van der Waals surface area contributed by atoms with Crippen LogP contribution in [-0.2, 0) is 14.6 Å². The first-order valence-corrected chi connectivity index (χ1v) is 10.3. The van der Waals surface area contributed by atoms with Crippen LogP contribution in [0.25, 0.3) is 22.3 Å². The number of para-hydroxylation sites is 1. The summed E-state index contributed by atoms with van der Waals surface area (Å²) in [6, 6.07) is 11.6. The fourth-order valence-corrected chi connectivity index (χ4v) is 3.44. The largest absolute Gasteiger partial charge is 0.493 e. The minimum atomic E-state index is -0.337. The van der Waals surface area contributed by atoms with Gasteiger partial charge in [-0.1, -0.05) is 24.1 Å². The van der Waals surface area contributed by atoms with Crippen LogP contribution >= 0.6 is 11.6 Å². The van der Waals surface area contributed by atoms with Crippen LogP contribution in [0.4, 0.5) is 0 Å². The molecule has 0 aliphatic heterocycles. The maximum Gasteiger partial charge on any atom is 0.345 e. The quantitative estimate of drug-likeness (QED) is 0.281. The van der Waals surface area contributed by atoms with Crippen LogP contribution < -0.4 is 14.9 Å². The van der Waals surface area contributed by atoms with Crippen molar-refractivity contribution in [1.82, 2.24) is 0 Å². The van der Waals surface area contributed by atoms with Gasteiger partial charge in [0.25, 0.3) is 0 Å². The van der Waals surface area contributed by atoms with Crippen molar-refractivity contribution in [3.63, 3.8) is 0 Å². The summed E-state index contributed by atoms with van der Waals surface area (Å²) >= 11 is 6.19. The summed E-state index contributed by atoms with van der Waals surface area (Å²) in [5.74, 6) is 0.884. The van der Waals surface area contributed by atoms with Gasteiger partial charge in [0.15, 0.2) is 22.5 Å². The maximum absolute atomic E-state index is 12.5. The number of methoxy groups -OCH3 is 1. The van der Waals surface area contributed by atoms with Gasteiger partial charge in [-0.3, -0.25) is 9.68 Å². The molecule has 7 nitrogen and oxygen atoms in total. The van der Waals surface area contributed by atoms with Crippen molar-refractivity contribution in [1.29, 1.82) is 0 Å². The van der Waals surface area contributed by atoms with Gasteiger partial charge < -0.3 is 13.9 Å². The van der Waals surface area contributed by atoms with Gasteiger partial charge in [0, 0.05) is 11.6 Å². The Hall–Kier alpha value is -3.03. The number of carbonyl (C=O) groups is 1. The molecular formula is C23H21ClO7. The lowest BCUT2D eigenvalue weighted by molar-refractivity contribution is -0.279. The Morgan fingerprint density at radius 1 is 1.13 bits per heavy atom. The van der Waals surface area contributed by atoms with Crippen LogP contribution in [0.15, 0.2) is 51.7 Å². The van der Waals surface area contributed by atoms with Crippen LogP contribution in [0.2, 0.25) is 5.02 Å². The van der Waals surface area contributed by atoms with E-state index in [0.29, 0.717) is 38.8 Å². The van der Waals surface area contributed by atoms with Crippen LogP contribution in [0, 0.1) is 5.92 Å². The fraction of sp³-hybridized carbons (Fsp3) is 0.304. The normalized spacial score (nSPS) is 13.6. The molecular weight excluding hydrogens is 424 g/mol. The standard InChI is InChI=1S/C23H21ClO7/c1-27-19-9-8-15(20-13-18(25)16-6-3-7-17(24)22(16)30-20)12-21(19)28-10-11-29-31-23(26)14-4-2-5-14/h3,6-9,12-14H,2,4-5,10-11H2,1H3. The molecule has 0 bridgehead atoms. The minimum Gasteiger partial charge on any atom is -0.493 e. The Kier molecular flexibility index (Phi) is 6.44. The van der Waals surface area contributed by atoms with E-state index < -0.39 is 0 Å². The van der Waals surface area contributed by atoms with Gasteiger partial charge in [0.2, 0.25) is 0 Å². The monoisotopic (exact) mass is 444 g/mol. The highest BCUT2D eigenvalue weighted by molar-refractivity contribution is 6.34. The zero-order valence-corrected chi connectivity index (χ0v) is 17.6. The smallest absolute Gasteiger partial charge is 0.345 e. The molecule has 0 unspecified atom stereocenters.